The van der Waals surface area contributed by atoms with Gasteiger partial charge in [0.2, 0.25) is 0 Å². The lowest BCUT2D eigenvalue weighted by atomic mass is 10.1. The molecule has 162 valence electrons. The predicted molar refractivity (Wildman–Crippen MR) is 120 cm³/mol. The molecule has 0 saturated carbocycles. The van der Waals surface area contributed by atoms with Gasteiger partial charge in [0.15, 0.2) is 6.10 Å². The molecule has 7 nitrogen and oxygen atoms in total. The molecule has 0 fully saturated rings. The van der Waals surface area contributed by atoms with Crippen LogP contribution in [0.4, 0.5) is 0 Å². The summed E-state index contributed by atoms with van der Waals surface area (Å²) in [4.78, 5) is 29.0. The van der Waals surface area contributed by atoms with Gasteiger partial charge in [-0.2, -0.15) is 0 Å². The van der Waals surface area contributed by atoms with E-state index in [4.69, 9.17) is 21.1 Å². The average Bonchev–Trinajstić information content (AvgIpc) is 2.75. The molecule has 0 saturated heterocycles. The fourth-order valence-electron chi connectivity index (χ4n) is 2.88. The molecular formula is C23H24ClN3O4. The normalized spacial score (nSPS) is 11.6. The summed E-state index contributed by atoms with van der Waals surface area (Å²) in [5.41, 5.74) is 1.21. The molecule has 1 aromatic heterocycles. The summed E-state index contributed by atoms with van der Waals surface area (Å²) in [7, 11) is 0. The van der Waals surface area contributed by atoms with E-state index in [2.05, 4.69) is 10.3 Å². The van der Waals surface area contributed by atoms with Gasteiger partial charge in [-0.25, -0.2) is 4.98 Å². The zero-order valence-electron chi connectivity index (χ0n) is 17.4. The number of amides is 1. The van der Waals surface area contributed by atoms with Gasteiger partial charge >= 0.3 is 0 Å². The fraction of sp³-hybridized carbons (Fsp3) is 0.261. The molecule has 1 N–H and O–H groups in total. The van der Waals surface area contributed by atoms with Gasteiger partial charge in [0.1, 0.15) is 11.5 Å². The second-order valence-electron chi connectivity index (χ2n) is 6.77. The van der Waals surface area contributed by atoms with Crippen LogP contribution in [0.15, 0.2) is 65.7 Å². The maximum absolute atomic E-state index is 12.4. The highest BCUT2D eigenvalue weighted by atomic mass is 35.5. The number of carbonyl (C=O) groups excluding carboxylic acids is 1. The number of halogens is 1. The van der Waals surface area contributed by atoms with Crippen molar-refractivity contribution in [3.63, 3.8) is 0 Å². The summed E-state index contributed by atoms with van der Waals surface area (Å²) < 4.78 is 12.5. The van der Waals surface area contributed by atoms with Gasteiger partial charge in [0.25, 0.3) is 11.5 Å². The van der Waals surface area contributed by atoms with Gasteiger partial charge in [-0.15, -0.1) is 0 Å². The molecule has 2 aromatic carbocycles. The van der Waals surface area contributed by atoms with Crippen LogP contribution in [0.25, 0.3) is 11.3 Å². The Morgan fingerprint density at radius 1 is 1.16 bits per heavy atom. The van der Waals surface area contributed by atoms with Crippen LogP contribution in [0, 0.1) is 0 Å². The van der Waals surface area contributed by atoms with E-state index < -0.39 is 6.10 Å². The first kappa shape index (κ1) is 22.4. The summed E-state index contributed by atoms with van der Waals surface area (Å²) >= 11 is 5.92. The van der Waals surface area contributed by atoms with Crippen LogP contribution < -0.4 is 20.3 Å². The first-order valence-electron chi connectivity index (χ1n) is 9.96. The standard InChI is InChI=1S/C23H24ClN3O4/c1-3-30-19-9-7-17(8-10-19)21-14-22(28)27(15-26-21)12-11-25-23(29)16(2)31-20-6-4-5-18(24)13-20/h4-10,13-16H,3,11-12H2,1-2H3,(H,25,29). The molecule has 1 amide bonds. The molecule has 0 radical (unpaired) electrons. The van der Waals surface area contributed by atoms with E-state index in [-0.39, 0.29) is 18.0 Å². The Labute approximate surface area is 185 Å². The van der Waals surface area contributed by atoms with E-state index in [0.29, 0.717) is 29.6 Å². The van der Waals surface area contributed by atoms with E-state index in [9.17, 15) is 9.59 Å². The highest BCUT2D eigenvalue weighted by Gasteiger charge is 2.14. The van der Waals surface area contributed by atoms with Crippen molar-refractivity contribution < 1.29 is 14.3 Å². The minimum atomic E-state index is -0.699. The molecule has 0 aliphatic carbocycles. The van der Waals surface area contributed by atoms with E-state index in [1.54, 1.807) is 31.2 Å². The van der Waals surface area contributed by atoms with Gasteiger partial charge in [0.05, 0.1) is 18.6 Å². The van der Waals surface area contributed by atoms with Crippen molar-refractivity contribution in [3.05, 3.63) is 76.3 Å². The SMILES string of the molecule is CCOc1ccc(-c2cc(=O)n(CCNC(=O)C(C)Oc3cccc(Cl)c3)cn2)cc1. The predicted octanol–water partition coefficient (Wildman–Crippen LogP) is 3.55. The number of aromatic nitrogens is 2. The van der Waals surface area contributed by atoms with Crippen molar-refractivity contribution in [2.75, 3.05) is 13.2 Å². The topological polar surface area (TPSA) is 82.5 Å². The van der Waals surface area contributed by atoms with Crippen LogP contribution in [0.1, 0.15) is 13.8 Å². The van der Waals surface area contributed by atoms with E-state index in [1.165, 1.54) is 17.0 Å². The van der Waals surface area contributed by atoms with Crippen molar-refractivity contribution in [1.82, 2.24) is 14.9 Å². The Bertz CT molecular complexity index is 1080. The Morgan fingerprint density at radius 3 is 2.61 bits per heavy atom. The van der Waals surface area contributed by atoms with Crippen LogP contribution in [0.2, 0.25) is 5.02 Å². The third-order valence-electron chi connectivity index (χ3n) is 4.47. The largest absolute Gasteiger partial charge is 0.494 e. The third-order valence-corrected chi connectivity index (χ3v) is 4.71. The number of nitrogens with one attached hydrogen (secondary N) is 1. The lowest BCUT2D eigenvalue weighted by molar-refractivity contribution is -0.127. The highest BCUT2D eigenvalue weighted by Crippen LogP contribution is 2.20. The summed E-state index contributed by atoms with van der Waals surface area (Å²) in [5.74, 6) is 0.997. The second kappa shape index (κ2) is 10.6. The number of rotatable bonds is 9. The van der Waals surface area contributed by atoms with Crippen LogP contribution in [0.5, 0.6) is 11.5 Å². The number of nitrogens with zero attached hydrogens (tertiary/aromatic N) is 2. The Balaban J connectivity index is 1.53. The number of carbonyl (C=O) groups is 1. The Hall–Kier alpha value is -3.32. The first-order valence-corrected chi connectivity index (χ1v) is 10.3. The van der Waals surface area contributed by atoms with Crippen LogP contribution in [-0.4, -0.2) is 34.7 Å². The van der Waals surface area contributed by atoms with Gasteiger partial charge in [-0.05, 0) is 56.3 Å². The molecule has 0 aliphatic heterocycles. The van der Waals surface area contributed by atoms with Gasteiger partial charge < -0.3 is 14.8 Å². The van der Waals surface area contributed by atoms with E-state index in [1.807, 2.05) is 31.2 Å². The van der Waals surface area contributed by atoms with Crippen LogP contribution in [-0.2, 0) is 11.3 Å². The second-order valence-corrected chi connectivity index (χ2v) is 7.21. The van der Waals surface area contributed by atoms with Gasteiger partial charge in [0, 0.05) is 29.7 Å². The average molecular weight is 442 g/mol. The smallest absolute Gasteiger partial charge is 0.260 e. The molecule has 8 heteroatoms. The van der Waals surface area contributed by atoms with Crippen molar-refractivity contribution in [2.24, 2.45) is 0 Å². The van der Waals surface area contributed by atoms with Gasteiger partial charge in [-0.1, -0.05) is 17.7 Å². The lowest BCUT2D eigenvalue weighted by Gasteiger charge is -2.15. The molecular weight excluding hydrogens is 418 g/mol. The van der Waals surface area contributed by atoms with Gasteiger partial charge in [-0.3, -0.25) is 14.2 Å². The Kier molecular flexibility index (Phi) is 7.67. The zero-order chi connectivity index (χ0) is 22.2. The maximum atomic E-state index is 12.4. The fourth-order valence-corrected chi connectivity index (χ4v) is 3.06. The highest BCUT2D eigenvalue weighted by molar-refractivity contribution is 6.30. The molecule has 1 unspecified atom stereocenters. The molecule has 0 spiro atoms. The summed E-state index contributed by atoms with van der Waals surface area (Å²) in [6.07, 6.45) is 0.780. The molecule has 31 heavy (non-hydrogen) atoms. The minimum absolute atomic E-state index is 0.198. The lowest BCUT2D eigenvalue weighted by Crippen LogP contribution is -2.38. The zero-order valence-corrected chi connectivity index (χ0v) is 18.1. The number of benzene rings is 2. The molecule has 1 heterocycles. The van der Waals surface area contributed by atoms with Crippen molar-refractivity contribution in [3.8, 4) is 22.8 Å². The Morgan fingerprint density at radius 2 is 1.94 bits per heavy atom. The summed E-state index contributed by atoms with van der Waals surface area (Å²) in [5, 5.41) is 3.29. The minimum Gasteiger partial charge on any atom is -0.494 e. The third kappa shape index (κ3) is 6.33. The molecule has 0 bridgehead atoms. The van der Waals surface area contributed by atoms with E-state index in [0.717, 1.165) is 11.3 Å². The van der Waals surface area contributed by atoms with Crippen molar-refractivity contribution in [2.45, 2.75) is 26.5 Å². The number of hydrogen-bond acceptors (Lipinski definition) is 5. The quantitative estimate of drug-likeness (QED) is 0.549. The van der Waals surface area contributed by atoms with E-state index >= 15 is 0 Å². The summed E-state index contributed by atoms with van der Waals surface area (Å²) in [6, 6.07) is 15.7. The van der Waals surface area contributed by atoms with Crippen LogP contribution >= 0.6 is 11.6 Å². The molecule has 0 aliphatic rings. The van der Waals surface area contributed by atoms with Crippen molar-refractivity contribution >= 4 is 17.5 Å². The van der Waals surface area contributed by atoms with Crippen LogP contribution in [0.3, 0.4) is 0 Å². The van der Waals surface area contributed by atoms with Crippen molar-refractivity contribution in [1.29, 1.82) is 0 Å². The summed E-state index contributed by atoms with van der Waals surface area (Å²) in [6.45, 7) is 4.73. The molecule has 3 aromatic rings. The number of ether oxygens (including phenoxy) is 2. The monoisotopic (exact) mass is 441 g/mol. The maximum Gasteiger partial charge on any atom is 0.260 e. The number of hydrogen-bond donors (Lipinski definition) is 1. The first-order chi connectivity index (χ1) is 15.0. The molecule has 1 atom stereocenters. The molecule has 3 rings (SSSR count).